The van der Waals surface area contributed by atoms with Crippen LogP contribution in [0.5, 0.6) is 5.75 Å². The highest BCUT2D eigenvalue weighted by molar-refractivity contribution is 8.00. The number of thioether (sulfide) groups is 1. The van der Waals surface area contributed by atoms with Crippen LogP contribution in [0.15, 0.2) is 72.8 Å². The van der Waals surface area contributed by atoms with Gasteiger partial charge in [-0.1, -0.05) is 54.1 Å². The van der Waals surface area contributed by atoms with Gasteiger partial charge in [0.05, 0.1) is 29.1 Å². The van der Waals surface area contributed by atoms with Gasteiger partial charge in [-0.2, -0.15) is 0 Å². The number of anilines is 2. The van der Waals surface area contributed by atoms with E-state index in [2.05, 4.69) is 5.32 Å². The van der Waals surface area contributed by atoms with Gasteiger partial charge < -0.3 is 10.1 Å². The minimum absolute atomic E-state index is 0.0123. The van der Waals surface area contributed by atoms with E-state index in [4.69, 9.17) is 16.3 Å². The molecular weight excluding hydrogens is 420 g/mol. The van der Waals surface area contributed by atoms with Crippen LogP contribution in [-0.4, -0.2) is 24.7 Å². The highest BCUT2D eigenvalue weighted by Gasteiger charge is 2.36. The molecular formula is C23H19ClN2O3S. The lowest BCUT2D eigenvalue weighted by atomic mass is 10.1. The molecule has 1 aliphatic rings. The van der Waals surface area contributed by atoms with E-state index in [0.717, 1.165) is 5.56 Å². The van der Waals surface area contributed by atoms with E-state index < -0.39 is 0 Å². The maximum absolute atomic E-state index is 12.8. The minimum atomic E-state index is -0.300. The molecule has 0 radical (unpaired) electrons. The molecule has 1 N–H and O–H groups in total. The van der Waals surface area contributed by atoms with Crippen molar-refractivity contribution in [3.63, 3.8) is 0 Å². The fraction of sp³-hybridized carbons (Fsp3) is 0.130. The third-order valence-electron chi connectivity index (χ3n) is 4.81. The fourth-order valence-corrected chi connectivity index (χ4v) is 4.83. The first-order valence-electron chi connectivity index (χ1n) is 9.31. The molecule has 5 nitrogen and oxygen atoms in total. The Bertz CT molecular complexity index is 1110. The number of hydrogen-bond donors (Lipinski definition) is 1. The molecule has 4 rings (SSSR count). The van der Waals surface area contributed by atoms with Crippen molar-refractivity contribution in [2.45, 2.75) is 5.37 Å². The predicted molar refractivity (Wildman–Crippen MR) is 122 cm³/mol. The molecule has 3 aromatic carbocycles. The molecule has 1 aliphatic heterocycles. The van der Waals surface area contributed by atoms with Crippen molar-refractivity contribution in [1.82, 2.24) is 0 Å². The molecule has 30 heavy (non-hydrogen) atoms. The van der Waals surface area contributed by atoms with Crippen molar-refractivity contribution in [3.05, 3.63) is 88.9 Å². The van der Waals surface area contributed by atoms with E-state index in [-0.39, 0.29) is 17.2 Å². The van der Waals surface area contributed by atoms with Crippen LogP contribution in [0.3, 0.4) is 0 Å². The molecule has 1 saturated heterocycles. The molecule has 152 valence electrons. The normalized spacial score (nSPS) is 15.9. The summed E-state index contributed by atoms with van der Waals surface area (Å²) in [6.07, 6.45) is 0. The number of carbonyl (C=O) groups excluding carboxylic acids is 2. The molecule has 1 unspecified atom stereocenters. The van der Waals surface area contributed by atoms with Crippen LogP contribution in [-0.2, 0) is 4.79 Å². The van der Waals surface area contributed by atoms with Crippen molar-refractivity contribution in [3.8, 4) is 5.75 Å². The maximum Gasteiger partial charge on any atom is 0.257 e. The van der Waals surface area contributed by atoms with E-state index in [1.807, 2.05) is 48.5 Å². The molecule has 3 aromatic rings. The lowest BCUT2D eigenvalue weighted by Crippen LogP contribution is -2.29. The summed E-state index contributed by atoms with van der Waals surface area (Å²) in [7, 11) is 1.58. The number of carbonyl (C=O) groups is 2. The standard InChI is InChI=1S/C23H19ClN2O3S/c1-29-20-13-7-6-12-19(20)26-21(27)14-30-23(26)16-9-3-5-11-18(16)25-22(28)15-8-2-4-10-17(15)24/h2-13,23H,14H2,1H3,(H,25,28). The lowest BCUT2D eigenvalue weighted by molar-refractivity contribution is -0.115. The number of para-hydroxylation sites is 3. The second-order valence-corrected chi connectivity index (χ2v) is 8.10. The number of ether oxygens (including phenoxy) is 1. The Labute approximate surface area is 184 Å². The first-order chi connectivity index (χ1) is 14.6. The minimum Gasteiger partial charge on any atom is -0.495 e. The second-order valence-electron chi connectivity index (χ2n) is 6.62. The maximum atomic E-state index is 12.8. The summed E-state index contributed by atoms with van der Waals surface area (Å²) in [5.74, 6) is 0.652. The number of hydrogen-bond acceptors (Lipinski definition) is 4. The summed E-state index contributed by atoms with van der Waals surface area (Å²) < 4.78 is 5.47. The molecule has 0 bridgehead atoms. The molecule has 0 spiro atoms. The van der Waals surface area contributed by atoms with E-state index in [9.17, 15) is 9.59 Å². The van der Waals surface area contributed by atoms with Gasteiger partial charge in [0.1, 0.15) is 11.1 Å². The van der Waals surface area contributed by atoms with E-state index in [1.54, 1.807) is 36.3 Å². The van der Waals surface area contributed by atoms with Crippen LogP contribution in [0.2, 0.25) is 5.02 Å². The van der Waals surface area contributed by atoms with Crippen molar-refractivity contribution in [2.75, 3.05) is 23.1 Å². The van der Waals surface area contributed by atoms with Gasteiger partial charge >= 0.3 is 0 Å². The topological polar surface area (TPSA) is 58.6 Å². The zero-order valence-corrected chi connectivity index (χ0v) is 17.7. The molecule has 0 saturated carbocycles. The number of halogens is 1. The summed E-state index contributed by atoms with van der Waals surface area (Å²) in [4.78, 5) is 27.3. The largest absolute Gasteiger partial charge is 0.495 e. The summed E-state index contributed by atoms with van der Waals surface area (Å²) in [6.45, 7) is 0. The van der Waals surface area contributed by atoms with E-state index >= 15 is 0 Å². The van der Waals surface area contributed by atoms with Crippen molar-refractivity contribution in [1.29, 1.82) is 0 Å². The second kappa shape index (κ2) is 8.81. The van der Waals surface area contributed by atoms with Crippen molar-refractivity contribution >= 4 is 46.6 Å². The smallest absolute Gasteiger partial charge is 0.257 e. The van der Waals surface area contributed by atoms with E-state index in [0.29, 0.717) is 33.5 Å². The zero-order valence-electron chi connectivity index (χ0n) is 16.2. The van der Waals surface area contributed by atoms with Gasteiger partial charge in [0.25, 0.3) is 5.91 Å². The third kappa shape index (κ3) is 3.88. The Kier molecular flexibility index (Phi) is 5.97. The number of benzene rings is 3. The van der Waals surface area contributed by atoms with Crippen LogP contribution in [0.25, 0.3) is 0 Å². The van der Waals surface area contributed by atoms with Gasteiger partial charge in [-0.15, -0.1) is 11.8 Å². The lowest BCUT2D eigenvalue weighted by Gasteiger charge is -2.27. The van der Waals surface area contributed by atoms with Gasteiger partial charge in [0, 0.05) is 11.3 Å². The molecule has 0 aliphatic carbocycles. The summed E-state index contributed by atoms with van der Waals surface area (Å²) in [6, 6.07) is 21.8. The Morgan fingerprint density at radius 2 is 1.77 bits per heavy atom. The Morgan fingerprint density at radius 3 is 2.57 bits per heavy atom. The van der Waals surface area contributed by atoms with E-state index in [1.165, 1.54) is 11.8 Å². The summed E-state index contributed by atoms with van der Waals surface area (Å²) in [5, 5.41) is 3.04. The van der Waals surface area contributed by atoms with Gasteiger partial charge in [-0.05, 0) is 30.3 Å². The monoisotopic (exact) mass is 438 g/mol. The summed E-state index contributed by atoms with van der Waals surface area (Å²) >= 11 is 7.69. The van der Waals surface area contributed by atoms with Gasteiger partial charge in [0.15, 0.2) is 0 Å². The number of nitrogens with one attached hydrogen (secondary N) is 1. The highest BCUT2D eigenvalue weighted by Crippen LogP contribution is 2.46. The van der Waals surface area contributed by atoms with Gasteiger partial charge in [0.2, 0.25) is 5.91 Å². The Balaban J connectivity index is 1.70. The predicted octanol–water partition coefficient (Wildman–Crippen LogP) is 5.38. The van der Waals surface area contributed by atoms with Gasteiger partial charge in [-0.3, -0.25) is 14.5 Å². The molecule has 1 atom stereocenters. The van der Waals surface area contributed by atoms with Gasteiger partial charge in [-0.25, -0.2) is 0 Å². The number of amides is 2. The van der Waals surface area contributed by atoms with Crippen molar-refractivity contribution < 1.29 is 14.3 Å². The third-order valence-corrected chi connectivity index (χ3v) is 6.33. The molecule has 7 heteroatoms. The molecule has 1 heterocycles. The summed E-state index contributed by atoms with van der Waals surface area (Å²) in [5.41, 5.74) is 2.56. The SMILES string of the molecule is COc1ccccc1N1C(=O)CSC1c1ccccc1NC(=O)c1ccccc1Cl. The first kappa shape index (κ1) is 20.3. The fourth-order valence-electron chi connectivity index (χ4n) is 3.40. The zero-order chi connectivity index (χ0) is 21.1. The average Bonchev–Trinajstić information content (AvgIpc) is 3.15. The van der Waals surface area contributed by atoms with Crippen LogP contribution >= 0.6 is 23.4 Å². The highest BCUT2D eigenvalue weighted by atomic mass is 35.5. The number of nitrogens with zero attached hydrogens (tertiary/aromatic N) is 1. The molecule has 1 fully saturated rings. The Morgan fingerprint density at radius 1 is 1.07 bits per heavy atom. The average molecular weight is 439 g/mol. The Hall–Kier alpha value is -2.96. The quantitative estimate of drug-likeness (QED) is 0.581. The number of rotatable bonds is 5. The van der Waals surface area contributed by atoms with Crippen LogP contribution in [0, 0.1) is 0 Å². The molecule has 0 aromatic heterocycles. The molecule has 2 amide bonds. The van der Waals surface area contributed by atoms with Crippen LogP contribution < -0.4 is 15.0 Å². The van der Waals surface area contributed by atoms with Crippen LogP contribution in [0.4, 0.5) is 11.4 Å². The van der Waals surface area contributed by atoms with Crippen LogP contribution in [0.1, 0.15) is 21.3 Å². The number of methoxy groups -OCH3 is 1. The first-order valence-corrected chi connectivity index (χ1v) is 10.7. The van der Waals surface area contributed by atoms with Crippen molar-refractivity contribution in [2.24, 2.45) is 0 Å².